The van der Waals surface area contributed by atoms with Gasteiger partial charge in [0.2, 0.25) is 0 Å². The van der Waals surface area contributed by atoms with Gasteiger partial charge in [-0.25, -0.2) is 4.39 Å². The quantitative estimate of drug-likeness (QED) is 0.276. The maximum Gasteiger partial charge on any atom is 0.171 e. The van der Waals surface area contributed by atoms with Gasteiger partial charge in [-0.3, -0.25) is 25.1 Å². The van der Waals surface area contributed by atoms with Crippen LogP contribution in [0.2, 0.25) is 0 Å². The third-order valence-corrected chi connectivity index (χ3v) is 6.38. The molecule has 0 radical (unpaired) electrons. The zero-order chi connectivity index (χ0) is 22.9. The summed E-state index contributed by atoms with van der Waals surface area (Å²) in [6.45, 7) is 3.06. The molecule has 4 aromatic rings. The first-order valence-corrected chi connectivity index (χ1v) is 11.2. The molecule has 1 saturated heterocycles. The molecule has 1 aliphatic rings. The van der Waals surface area contributed by atoms with Crippen molar-refractivity contribution >= 4 is 33.5 Å². The summed E-state index contributed by atoms with van der Waals surface area (Å²) in [5.74, 6) is -0.695. The van der Waals surface area contributed by atoms with Crippen LogP contribution >= 0.6 is 11.8 Å². The first-order chi connectivity index (χ1) is 16.0. The molecule has 8 nitrogen and oxygen atoms in total. The number of nitrogens with zero attached hydrogens (tertiary/aromatic N) is 5. The van der Waals surface area contributed by atoms with E-state index in [1.807, 2.05) is 24.4 Å². The van der Waals surface area contributed by atoms with Gasteiger partial charge in [0, 0.05) is 53.9 Å². The molecule has 5 rings (SSSR count). The van der Waals surface area contributed by atoms with Crippen molar-refractivity contribution in [1.29, 1.82) is 10.8 Å². The predicted molar refractivity (Wildman–Crippen MR) is 126 cm³/mol. The van der Waals surface area contributed by atoms with Gasteiger partial charge in [-0.2, -0.15) is 5.10 Å². The van der Waals surface area contributed by atoms with Crippen molar-refractivity contribution in [2.24, 2.45) is 7.05 Å². The van der Waals surface area contributed by atoms with Crippen molar-refractivity contribution < 1.29 is 9.13 Å². The molecule has 1 aromatic carbocycles. The molecule has 0 bridgehead atoms. The van der Waals surface area contributed by atoms with Crippen LogP contribution in [0.4, 0.5) is 10.1 Å². The van der Waals surface area contributed by atoms with E-state index in [9.17, 15) is 4.39 Å². The minimum absolute atomic E-state index is 0.0290. The largest absolute Gasteiger partial charge is 0.378 e. The van der Waals surface area contributed by atoms with Crippen LogP contribution in [-0.4, -0.2) is 50.8 Å². The van der Waals surface area contributed by atoms with Gasteiger partial charge in [0.25, 0.3) is 0 Å². The molecule has 0 aliphatic carbocycles. The SMILES string of the molecule is Cn1cc(-c2cc(F)c(=N)n(C(=N)Sc3ccc4ncc(N5CCOCC5)cc4c3)c2)cn1. The number of benzene rings is 1. The molecular weight excluding hydrogens is 441 g/mol. The monoisotopic (exact) mass is 463 g/mol. The van der Waals surface area contributed by atoms with E-state index in [4.69, 9.17) is 15.6 Å². The van der Waals surface area contributed by atoms with Gasteiger partial charge in [0.1, 0.15) is 0 Å². The molecule has 0 amide bonds. The Morgan fingerprint density at radius 3 is 2.67 bits per heavy atom. The van der Waals surface area contributed by atoms with Gasteiger partial charge in [0.05, 0.1) is 36.8 Å². The Hall–Kier alpha value is -3.50. The summed E-state index contributed by atoms with van der Waals surface area (Å²) in [6.07, 6.45) is 6.86. The second-order valence-corrected chi connectivity index (χ2v) is 8.81. The molecule has 10 heteroatoms. The van der Waals surface area contributed by atoms with Crippen LogP contribution in [-0.2, 0) is 11.8 Å². The van der Waals surface area contributed by atoms with Crippen molar-refractivity contribution in [3.05, 3.63) is 66.4 Å². The lowest BCUT2D eigenvalue weighted by atomic mass is 10.1. The molecule has 0 atom stereocenters. The summed E-state index contributed by atoms with van der Waals surface area (Å²) in [5, 5.41) is 21.8. The molecule has 33 heavy (non-hydrogen) atoms. The third-order valence-electron chi connectivity index (χ3n) is 5.50. The number of morpholine rings is 1. The van der Waals surface area contributed by atoms with Crippen molar-refractivity contribution in [3.63, 3.8) is 0 Å². The van der Waals surface area contributed by atoms with Crippen LogP contribution in [0, 0.1) is 16.6 Å². The van der Waals surface area contributed by atoms with Gasteiger partial charge in [-0.1, -0.05) is 11.8 Å². The minimum atomic E-state index is -0.695. The number of aromatic nitrogens is 4. The molecule has 4 heterocycles. The number of pyridine rings is 2. The maximum atomic E-state index is 14.5. The van der Waals surface area contributed by atoms with Gasteiger partial charge in [-0.15, -0.1) is 0 Å². The van der Waals surface area contributed by atoms with Crippen LogP contribution in [0.3, 0.4) is 0 Å². The molecule has 168 valence electrons. The summed E-state index contributed by atoms with van der Waals surface area (Å²) in [7, 11) is 1.78. The smallest absolute Gasteiger partial charge is 0.171 e. The van der Waals surface area contributed by atoms with E-state index in [2.05, 4.69) is 21.0 Å². The van der Waals surface area contributed by atoms with Crippen molar-refractivity contribution in [1.82, 2.24) is 19.3 Å². The third kappa shape index (κ3) is 4.39. The highest BCUT2D eigenvalue weighted by atomic mass is 32.2. The van der Waals surface area contributed by atoms with Gasteiger partial charge >= 0.3 is 0 Å². The van der Waals surface area contributed by atoms with Crippen LogP contribution in [0.1, 0.15) is 0 Å². The fourth-order valence-corrected chi connectivity index (χ4v) is 4.55. The topological polar surface area (TPSA) is 95.8 Å². The Morgan fingerprint density at radius 1 is 1.09 bits per heavy atom. The van der Waals surface area contributed by atoms with Gasteiger partial charge < -0.3 is 9.64 Å². The Labute approximate surface area is 193 Å². The van der Waals surface area contributed by atoms with Gasteiger partial charge in [0.15, 0.2) is 16.5 Å². The fourth-order valence-electron chi connectivity index (χ4n) is 3.77. The van der Waals surface area contributed by atoms with Crippen LogP contribution in [0.15, 0.2) is 60.0 Å². The van der Waals surface area contributed by atoms with E-state index in [0.717, 1.165) is 51.9 Å². The fraction of sp³-hybridized carbons (Fsp3) is 0.217. The number of ether oxygens (including phenoxy) is 1. The zero-order valence-corrected chi connectivity index (χ0v) is 18.8. The molecule has 0 saturated carbocycles. The molecular formula is C23H22FN7OS. The summed E-state index contributed by atoms with van der Waals surface area (Å²) in [6, 6.07) is 9.15. The highest BCUT2D eigenvalue weighted by Crippen LogP contribution is 2.27. The zero-order valence-electron chi connectivity index (χ0n) is 18.0. The molecule has 0 unspecified atom stereocenters. The summed E-state index contributed by atoms with van der Waals surface area (Å²) in [5.41, 5.74) is 2.81. The van der Waals surface area contributed by atoms with Crippen molar-refractivity contribution in [2.75, 3.05) is 31.2 Å². The lowest BCUT2D eigenvalue weighted by Gasteiger charge is -2.28. The molecule has 1 fully saturated rings. The molecule has 0 spiro atoms. The van der Waals surface area contributed by atoms with Crippen molar-refractivity contribution in [3.8, 4) is 11.1 Å². The van der Waals surface area contributed by atoms with E-state index in [-0.39, 0.29) is 10.7 Å². The number of rotatable bonds is 3. The van der Waals surface area contributed by atoms with E-state index in [0.29, 0.717) is 18.8 Å². The average molecular weight is 464 g/mol. The number of nitrogens with one attached hydrogen (secondary N) is 2. The summed E-state index contributed by atoms with van der Waals surface area (Å²) < 4.78 is 22.8. The van der Waals surface area contributed by atoms with E-state index < -0.39 is 5.82 Å². The average Bonchev–Trinajstić information content (AvgIpc) is 3.27. The summed E-state index contributed by atoms with van der Waals surface area (Å²) >= 11 is 1.16. The highest BCUT2D eigenvalue weighted by molar-refractivity contribution is 8.13. The number of hydrogen-bond donors (Lipinski definition) is 2. The number of aryl methyl sites for hydroxylation is 1. The number of anilines is 1. The first kappa shape index (κ1) is 21.4. The Morgan fingerprint density at radius 2 is 1.91 bits per heavy atom. The number of thioether (sulfide) groups is 1. The second kappa shape index (κ2) is 8.80. The maximum absolute atomic E-state index is 14.5. The van der Waals surface area contributed by atoms with Crippen molar-refractivity contribution in [2.45, 2.75) is 4.90 Å². The highest BCUT2D eigenvalue weighted by Gasteiger charge is 2.14. The molecule has 3 aromatic heterocycles. The summed E-state index contributed by atoms with van der Waals surface area (Å²) in [4.78, 5) is 7.62. The lowest BCUT2D eigenvalue weighted by molar-refractivity contribution is 0.122. The normalized spacial score (nSPS) is 14.1. The minimum Gasteiger partial charge on any atom is -0.378 e. The molecule has 1 aliphatic heterocycles. The first-order valence-electron chi connectivity index (χ1n) is 10.4. The lowest BCUT2D eigenvalue weighted by Crippen LogP contribution is -2.36. The Bertz CT molecular complexity index is 1410. The van der Waals surface area contributed by atoms with E-state index in [1.165, 1.54) is 10.6 Å². The van der Waals surface area contributed by atoms with Crippen LogP contribution in [0.25, 0.3) is 22.0 Å². The van der Waals surface area contributed by atoms with Gasteiger partial charge in [-0.05, 0) is 30.3 Å². The number of fused-ring (bicyclic) bond motifs is 1. The van der Waals surface area contributed by atoms with Crippen LogP contribution < -0.4 is 10.4 Å². The Kier molecular flexibility index (Phi) is 5.69. The standard InChI is InChI=1S/C23H22FN7OS/c1-29-13-17(11-28-29)16-10-20(24)22(25)31(14-16)23(26)33-19-2-3-21-15(9-19)8-18(12-27-21)30-4-6-32-7-5-30/h2-3,8-14,25-26H,4-7H2,1H3. The number of halogens is 1. The van der Waals surface area contributed by atoms with Crippen LogP contribution in [0.5, 0.6) is 0 Å². The predicted octanol–water partition coefficient (Wildman–Crippen LogP) is 3.47. The number of hydrogen-bond acceptors (Lipinski definition) is 7. The second-order valence-electron chi connectivity index (χ2n) is 7.75. The van der Waals surface area contributed by atoms with E-state index in [1.54, 1.807) is 30.3 Å². The Balaban J connectivity index is 1.44. The molecule has 2 N–H and O–H groups in total. The van der Waals surface area contributed by atoms with E-state index >= 15 is 0 Å².